The van der Waals surface area contributed by atoms with Crippen LogP contribution in [0.25, 0.3) is 0 Å². The maximum atomic E-state index is 12.5. The van der Waals surface area contributed by atoms with Crippen molar-refractivity contribution in [2.75, 3.05) is 39.5 Å². The number of rotatable bonds is 4. The van der Waals surface area contributed by atoms with Crippen molar-refractivity contribution in [1.82, 2.24) is 14.5 Å². The fourth-order valence-electron chi connectivity index (χ4n) is 3.23. The third-order valence-electron chi connectivity index (χ3n) is 4.68. The molecule has 2 fully saturated rings. The van der Waals surface area contributed by atoms with Gasteiger partial charge in [-0.1, -0.05) is 0 Å². The van der Waals surface area contributed by atoms with Crippen LogP contribution in [0, 0.1) is 0 Å². The summed E-state index contributed by atoms with van der Waals surface area (Å²) in [5, 5.41) is 0. The Kier molecular flexibility index (Phi) is 4.99. The molecule has 2 saturated heterocycles. The molecule has 0 radical (unpaired) electrons. The number of ether oxygens (including phenoxy) is 3. The average Bonchev–Trinajstić information content (AvgIpc) is 2.99. The Morgan fingerprint density at radius 2 is 2.22 bits per heavy atom. The standard InChI is InChI=1S/C16H25N3O4/c1-13(15-17-5-6-18(15)2)22-11-14(20)19-7-10-23-16(12-19)3-8-21-9-4-16/h5-6,13H,3-4,7-12H2,1-2H3. The molecule has 3 rings (SSSR count). The molecule has 2 aliphatic heterocycles. The van der Waals surface area contributed by atoms with Gasteiger partial charge in [0.25, 0.3) is 0 Å². The van der Waals surface area contributed by atoms with Gasteiger partial charge in [-0.3, -0.25) is 4.79 Å². The van der Waals surface area contributed by atoms with E-state index in [1.165, 1.54) is 0 Å². The lowest BCUT2D eigenvalue weighted by Gasteiger charge is -2.44. The summed E-state index contributed by atoms with van der Waals surface area (Å²) in [6.45, 7) is 5.23. The summed E-state index contributed by atoms with van der Waals surface area (Å²) in [5.41, 5.74) is -0.225. The van der Waals surface area contributed by atoms with Gasteiger partial charge in [0.15, 0.2) is 0 Å². The molecule has 0 aromatic carbocycles. The molecule has 1 spiro atoms. The quantitative estimate of drug-likeness (QED) is 0.824. The number of carbonyl (C=O) groups excluding carboxylic acids is 1. The molecule has 1 aromatic heterocycles. The first-order chi connectivity index (χ1) is 11.1. The maximum absolute atomic E-state index is 12.5. The lowest BCUT2D eigenvalue weighted by molar-refractivity contribution is -0.171. The van der Waals surface area contributed by atoms with Crippen LogP contribution in [0.4, 0.5) is 0 Å². The van der Waals surface area contributed by atoms with E-state index in [1.807, 2.05) is 29.6 Å². The second kappa shape index (κ2) is 6.98. The van der Waals surface area contributed by atoms with Crippen LogP contribution in [-0.4, -0.2) is 65.5 Å². The van der Waals surface area contributed by atoms with Gasteiger partial charge in [0, 0.05) is 58.6 Å². The molecular formula is C16H25N3O4. The first-order valence-electron chi connectivity index (χ1n) is 8.18. The van der Waals surface area contributed by atoms with E-state index in [0.29, 0.717) is 32.9 Å². The van der Waals surface area contributed by atoms with Crippen LogP contribution in [0.5, 0.6) is 0 Å². The van der Waals surface area contributed by atoms with Gasteiger partial charge in [0.05, 0.1) is 12.2 Å². The fourth-order valence-corrected chi connectivity index (χ4v) is 3.23. The van der Waals surface area contributed by atoms with Crippen LogP contribution in [0.1, 0.15) is 31.7 Å². The molecule has 1 atom stereocenters. The highest BCUT2D eigenvalue weighted by Crippen LogP contribution is 2.29. The average molecular weight is 323 g/mol. The van der Waals surface area contributed by atoms with Crippen LogP contribution in [0.2, 0.25) is 0 Å². The zero-order valence-electron chi connectivity index (χ0n) is 13.9. The number of aryl methyl sites for hydroxylation is 1. The van der Waals surface area contributed by atoms with Crippen LogP contribution in [-0.2, 0) is 26.1 Å². The van der Waals surface area contributed by atoms with E-state index in [4.69, 9.17) is 14.2 Å². The van der Waals surface area contributed by atoms with E-state index >= 15 is 0 Å². The van der Waals surface area contributed by atoms with Crippen molar-refractivity contribution < 1.29 is 19.0 Å². The van der Waals surface area contributed by atoms with Gasteiger partial charge in [-0.2, -0.15) is 0 Å². The van der Waals surface area contributed by atoms with Gasteiger partial charge in [0.2, 0.25) is 5.91 Å². The van der Waals surface area contributed by atoms with E-state index in [0.717, 1.165) is 18.7 Å². The van der Waals surface area contributed by atoms with Crippen LogP contribution in [0.3, 0.4) is 0 Å². The fraction of sp³-hybridized carbons (Fsp3) is 0.750. The number of imidazole rings is 1. The first kappa shape index (κ1) is 16.4. The van der Waals surface area contributed by atoms with E-state index in [1.54, 1.807) is 6.20 Å². The number of aromatic nitrogens is 2. The highest BCUT2D eigenvalue weighted by atomic mass is 16.5. The molecule has 7 heteroatoms. The highest BCUT2D eigenvalue weighted by Gasteiger charge is 2.39. The number of nitrogens with zero attached hydrogens (tertiary/aromatic N) is 3. The molecule has 1 unspecified atom stereocenters. The smallest absolute Gasteiger partial charge is 0.248 e. The molecule has 7 nitrogen and oxygen atoms in total. The van der Waals surface area contributed by atoms with Crippen LogP contribution >= 0.6 is 0 Å². The highest BCUT2D eigenvalue weighted by molar-refractivity contribution is 5.77. The lowest BCUT2D eigenvalue weighted by atomic mass is 9.92. The Morgan fingerprint density at radius 1 is 1.43 bits per heavy atom. The van der Waals surface area contributed by atoms with Crippen molar-refractivity contribution in [3.63, 3.8) is 0 Å². The lowest BCUT2D eigenvalue weighted by Crippen LogP contribution is -2.56. The molecule has 128 valence electrons. The number of amides is 1. The molecule has 23 heavy (non-hydrogen) atoms. The van der Waals surface area contributed by atoms with E-state index in [2.05, 4.69) is 4.98 Å². The molecule has 0 N–H and O–H groups in total. The SMILES string of the molecule is CC(OCC(=O)N1CCOC2(CCOCC2)C1)c1nccn1C. The zero-order valence-corrected chi connectivity index (χ0v) is 13.9. The minimum atomic E-state index is -0.225. The van der Waals surface area contributed by atoms with Crippen LogP contribution in [0.15, 0.2) is 12.4 Å². The van der Waals surface area contributed by atoms with Gasteiger partial charge in [0.1, 0.15) is 18.5 Å². The van der Waals surface area contributed by atoms with Crippen molar-refractivity contribution in [3.05, 3.63) is 18.2 Å². The summed E-state index contributed by atoms with van der Waals surface area (Å²) < 4.78 is 19.0. The molecule has 2 aliphatic rings. The topological polar surface area (TPSA) is 65.8 Å². The number of carbonyl (C=O) groups is 1. The Labute approximate surface area is 136 Å². The molecule has 0 saturated carbocycles. The molecule has 3 heterocycles. The summed E-state index contributed by atoms with van der Waals surface area (Å²) in [7, 11) is 1.92. The van der Waals surface area contributed by atoms with Crippen LogP contribution < -0.4 is 0 Å². The van der Waals surface area contributed by atoms with E-state index in [-0.39, 0.29) is 24.2 Å². The molecular weight excluding hydrogens is 298 g/mol. The Morgan fingerprint density at radius 3 is 2.91 bits per heavy atom. The Balaban J connectivity index is 1.52. The first-order valence-corrected chi connectivity index (χ1v) is 8.18. The predicted octanol–water partition coefficient (Wildman–Crippen LogP) is 0.906. The van der Waals surface area contributed by atoms with Gasteiger partial charge in [-0.15, -0.1) is 0 Å². The number of morpholine rings is 1. The summed E-state index contributed by atoms with van der Waals surface area (Å²) in [4.78, 5) is 18.6. The summed E-state index contributed by atoms with van der Waals surface area (Å²) in [6.07, 6.45) is 5.08. The minimum Gasteiger partial charge on any atom is -0.381 e. The number of hydrogen-bond donors (Lipinski definition) is 0. The van der Waals surface area contributed by atoms with E-state index in [9.17, 15) is 4.79 Å². The molecule has 1 amide bonds. The second-order valence-corrected chi connectivity index (χ2v) is 6.31. The van der Waals surface area contributed by atoms with Gasteiger partial charge < -0.3 is 23.7 Å². The summed E-state index contributed by atoms with van der Waals surface area (Å²) in [6, 6.07) is 0. The van der Waals surface area contributed by atoms with Crippen molar-refractivity contribution in [2.24, 2.45) is 7.05 Å². The number of hydrogen-bond acceptors (Lipinski definition) is 5. The predicted molar refractivity (Wildman–Crippen MR) is 82.9 cm³/mol. The van der Waals surface area contributed by atoms with Gasteiger partial charge in [-0.05, 0) is 6.92 Å². The minimum absolute atomic E-state index is 0.0141. The largest absolute Gasteiger partial charge is 0.381 e. The monoisotopic (exact) mass is 323 g/mol. The van der Waals surface area contributed by atoms with Crippen molar-refractivity contribution in [1.29, 1.82) is 0 Å². The summed E-state index contributed by atoms with van der Waals surface area (Å²) in [5.74, 6) is 0.834. The third kappa shape index (κ3) is 3.73. The second-order valence-electron chi connectivity index (χ2n) is 6.31. The Hall–Kier alpha value is -1.44. The van der Waals surface area contributed by atoms with Crippen molar-refractivity contribution in [2.45, 2.75) is 31.5 Å². The molecule has 0 bridgehead atoms. The molecule has 1 aromatic rings. The van der Waals surface area contributed by atoms with Gasteiger partial charge in [-0.25, -0.2) is 4.98 Å². The molecule has 0 aliphatic carbocycles. The van der Waals surface area contributed by atoms with Crippen molar-refractivity contribution >= 4 is 5.91 Å². The van der Waals surface area contributed by atoms with Gasteiger partial charge >= 0.3 is 0 Å². The van der Waals surface area contributed by atoms with Crippen molar-refractivity contribution in [3.8, 4) is 0 Å². The third-order valence-corrected chi connectivity index (χ3v) is 4.68. The van der Waals surface area contributed by atoms with E-state index < -0.39 is 0 Å². The summed E-state index contributed by atoms with van der Waals surface area (Å²) >= 11 is 0. The Bertz CT molecular complexity index is 534. The normalized spacial score (nSPS) is 22.3. The zero-order chi connectivity index (χ0) is 16.3. The maximum Gasteiger partial charge on any atom is 0.248 e.